The van der Waals surface area contributed by atoms with Gasteiger partial charge in [0, 0.05) is 11.6 Å². The van der Waals surface area contributed by atoms with Crippen LogP contribution < -0.4 is 4.74 Å². The van der Waals surface area contributed by atoms with Crippen LogP contribution in [0.1, 0.15) is 6.92 Å². The van der Waals surface area contributed by atoms with Gasteiger partial charge in [0.25, 0.3) is 5.69 Å². The molecule has 3 aromatic rings. The summed E-state index contributed by atoms with van der Waals surface area (Å²) in [6.45, 7) is 2.39. The number of benzene rings is 2. The minimum atomic E-state index is -0.477. The maximum atomic E-state index is 10.8. The van der Waals surface area contributed by atoms with E-state index in [1.54, 1.807) is 24.3 Å². The van der Waals surface area contributed by atoms with Crippen molar-refractivity contribution in [1.82, 2.24) is 4.98 Å². The molecule has 0 aliphatic rings. The second-order valence-corrected chi connectivity index (χ2v) is 4.91. The molecular formula is C15H11ClN2O4. The van der Waals surface area contributed by atoms with Crippen LogP contribution in [0.2, 0.25) is 5.02 Å². The maximum Gasteiger partial charge on any atom is 0.273 e. The van der Waals surface area contributed by atoms with E-state index in [-0.39, 0.29) is 5.69 Å². The van der Waals surface area contributed by atoms with Crippen molar-refractivity contribution >= 4 is 28.4 Å². The van der Waals surface area contributed by atoms with Crippen molar-refractivity contribution in [3.8, 4) is 17.2 Å². The number of hydrogen-bond donors (Lipinski definition) is 0. The Balaban J connectivity index is 2.03. The average Bonchev–Trinajstić information content (AvgIpc) is 2.92. The van der Waals surface area contributed by atoms with E-state index in [1.165, 1.54) is 12.1 Å². The molecule has 22 heavy (non-hydrogen) atoms. The van der Waals surface area contributed by atoms with Crippen LogP contribution in [0.5, 0.6) is 5.75 Å². The average molecular weight is 319 g/mol. The Hall–Kier alpha value is -2.60. The van der Waals surface area contributed by atoms with Crippen LogP contribution in [0, 0.1) is 10.1 Å². The summed E-state index contributed by atoms with van der Waals surface area (Å²) in [6, 6.07) is 9.48. The number of nitro groups is 1. The van der Waals surface area contributed by atoms with Gasteiger partial charge >= 0.3 is 0 Å². The highest BCUT2D eigenvalue weighted by atomic mass is 35.5. The summed E-state index contributed by atoms with van der Waals surface area (Å²) in [5.74, 6) is 0.931. The highest BCUT2D eigenvalue weighted by Crippen LogP contribution is 2.32. The third-order valence-electron chi connectivity index (χ3n) is 3.06. The molecule has 0 N–H and O–H groups in total. The Labute approximate surface area is 130 Å². The van der Waals surface area contributed by atoms with E-state index in [1.807, 2.05) is 6.92 Å². The van der Waals surface area contributed by atoms with Gasteiger partial charge in [0.1, 0.15) is 11.3 Å². The lowest BCUT2D eigenvalue weighted by Crippen LogP contribution is -1.92. The van der Waals surface area contributed by atoms with Gasteiger partial charge < -0.3 is 9.15 Å². The number of nitro benzene ring substituents is 1. The largest absolute Gasteiger partial charge is 0.492 e. The van der Waals surface area contributed by atoms with Gasteiger partial charge in [-0.2, -0.15) is 0 Å². The van der Waals surface area contributed by atoms with Crippen molar-refractivity contribution in [3.63, 3.8) is 0 Å². The summed E-state index contributed by atoms with van der Waals surface area (Å²) in [7, 11) is 0. The molecule has 0 fully saturated rings. The molecule has 0 amide bonds. The standard InChI is InChI=1S/C15H11ClN2O4/c1-2-21-13-6-3-9(7-11(13)16)15-17-12-5-4-10(18(19)20)8-14(12)22-15/h3-8H,2H2,1H3. The fourth-order valence-electron chi connectivity index (χ4n) is 2.06. The number of nitrogens with zero attached hydrogens (tertiary/aromatic N) is 2. The van der Waals surface area contributed by atoms with Gasteiger partial charge in [0.05, 0.1) is 22.6 Å². The third kappa shape index (κ3) is 2.60. The number of rotatable bonds is 4. The first kappa shape index (κ1) is 14.3. The van der Waals surface area contributed by atoms with E-state index in [0.717, 1.165) is 0 Å². The van der Waals surface area contributed by atoms with Gasteiger partial charge in [0.15, 0.2) is 5.58 Å². The Morgan fingerprint density at radius 1 is 1.32 bits per heavy atom. The lowest BCUT2D eigenvalue weighted by atomic mass is 10.2. The van der Waals surface area contributed by atoms with Gasteiger partial charge in [-0.25, -0.2) is 4.98 Å². The highest BCUT2D eigenvalue weighted by Gasteiger charge is 2.14. The molecule has 0 saturated carbocycles. The van der Waals surface area contributed by atoms with E-state index in [2.05, 4.69) is 4.98 Å². The van der Waals surface area contributed by atoms with E-state index in [4.69, 9.17) is 20.8 Å². The van der Waals surface area contributed by atoms with Crippen molar-refractivity contribution in [2.45, 2.75) is 6.92 Å². The number of ether oxygens (including phenoxy) is 1. The number of aromatic nitrogens is 1. The lowest BCUT2D eigenvalue weighted by molar-refractivity contribution is -0.384. The monoisotopic (exact) mass is 318 g/mol. The molecule has 2 aromatic carbocycles. The number of halogens is 1. The molecule has 0 aliphatic heterocycles. The van der Waals surface area contributed by atoms with E-state index in [0.29, 0.717) is 39.9 Å². The van der Waals surface area contributed by atoms with Crippen molar-refractivity contribution < 1.29 is 14.1 Å². The zero-order valence-corrected chi connectivity index (χ0v) is 12.3. The quantitative estimate of drug-likeness (QED) is 0.524. The molecule has 0 bridgehead atoms. The molecule has 1 heterocycles. The van der Waals surface area contributed by atoms with Gasteiger partial charge in [-0.3, -0.25) is 10.1 Å². The molecular weight excluding hydrogens is 308 g/mol. The van der Waals surface area contributed by atoms with Crippen LogP contribution in [-0.4, -0.2) is 16.5 Å². The number of fused-ring (bicyclic) bond motifs is 1. The Kier molecular flexibility index (Phi) is 3.68. The molecule has 0 aliphatic carbocycles. The SMILES string of the molecule is CCOc1ccc(-c2nc3ccc([N+](=O)[O-])cc3o2)cc1Cl. The molecule has 3 rings (SSSR count). The Morgan fingerprint density at radius 3 is 2.82 bits per heavy atom. The van der Waals surface area contributed by atoms with Crippen LogP contribution in [-0.2, 0) is 0 Å². The van der Waals surface area contributed by atoms with Crippen molar-refractivity contribution in [3.05, 3.63) is 51.5 Å². The normalized spacial score (nSPS) is 10.8. The minimum absolute atomic E-state index is 0.0417. The van der Waals surface area contributed by atoms with Crippen molar-refractivity contribution in [2.75, 3.05) is 6.61 Å². The minimum Gasteiger partial charge on any atom is -0.492 e. The predicted octanol–water partition coefficient (Wildman–Crippen LogP) is 4.46. The zero-order chi connectivity index (χ0) is 15.7. The first-order chi connectivity index (χ1) is 10.6. The fourth-order valence-corrected chi connectivity index (χ4v) is 2.29. The molecule has 6 nitrogen and oxygen atoms in total. The topological polar surface area (TPSA) is 78.4 Å². The number of hydrogen-bond acceptors (Lipinski definition) is 5. The van der Waals surface area contributed by atoms with E-state index < -0.39 is 4.92 Å². The summed E-state index contributed by atoms with van der Waals surface area (Å²) >= 11 is 6.14. The van der Waals surface area contributed by atoms with Crippen LogP contribution >= 0.6 is 11.6 Å². The van der Waals surface area contributed by atoms with Gasteiger partial charge in [0.2, 0.25) is 5.89 Å². The van der Waals surface area contributed by atoms with Gasteiger partial charge in [-0.15, -0.1) is 0 Å². The second-order valence-electron chi connectivity index (χ2n) is 4.51. The first-order valence-corrected chi connectivity index (χ1v) is 6.94. The molecule has 7 heteroatoms. The summed E-state index contributed by atoms with van der Waals surface area (Å²) in [4.78, 5) is 14.6. The van der Waals surface area contributed by atoms with Gasteiger partial charge in [-0.1, -0.05) is 11.6 Å². The number of non-ortho nitro benzene ring substituents is 1. The zero-order valence-electron chi connectivity index (χ0n) is 11.6. The summed E-state index contributed by atoms with van der Waals surface area (Å²) < 4.78 is 11.0. The van der Waals surface area contributed by atoms with Crippen LogP contribution in [0.25, 0.3) is 22.6 Å². The van der Waals surface area contributed by atoms with E-state index in [9.17, 15) is 10.1 Å². The second kappa shape index (κ2) is 5.65. The molecule has 0 saturated heterocycles. The molecule has 0 atom stereocenters. The molecule has 0 unspecified atom stereocenters. The van der Waals surface area contributed by atoms with Crippen LogP contribution in [0.3, 0.4) is 0 Å². The lowest BCUT2D eigenvalue weighted by Gasteiger charge is -2.05. The smallest absolute Gasteiger partial charge is 0.273 e. The predicted molar refractivity (Wildman–Crippen MR) is 82.3 cm³/mol. The molecule has 0 radical (unpaired) electrons. The third-order valence-corrected chi connectivity index (χ3v) is 3.36. The summed E-state index contributed by atoms with van der Waals surface area (Å²) in [6.07, 6.45) is 0. The fraction of sp³-hybridized carbons (Fsp3) is 0.133. The summed E-state index contributed by atoms with van der Waals surface area (Å²) in [5, 5.41) is 11.2. The molecule has 1 aromatic heterocycles. The van der Waals surface area contributed by atoms with Crippen molar-refractivity contribution in [1.29, 1.82) is 0 Å². The van der Waals surface area contributed by atoms with Crippen LogP contribution in [0.4, 0.5) is 5.69 Å². The van der Waals surface area contributed by atoms with Crippen molar-refractivity contribution in [2.24, 2.45) is 0 Å². The van der Waals surface area contributed by atoms with Crippen LogP contribution in [0.15, 0.2) is 40.8 Å². The highest BCUT2D eigenvalue weighted by molar-refractivity contribution is 6.32. The molecule has 112 valence electrons. The maximum absolute atomic E-state index is 10.8. The van der Waals surface area contributed by atoms with E-state index >= 15 is 0 Å². The van der Waals surface area contributed by atoms with Gasteiger partial charge in [-0.05, 0) is 31.2 Å². The molecule has 0 spiro atoms. The number of oxazole rings is 1. The first-order valence-electron chi connectivity index (χ1n) is 6.56. The Morgan fingerprint density at radius 2 is 2.14 bits per heavy atom. The summed E-state index contributed by atoms with van der Waals surface area (Å²) in [5.41, 5.74) is 1.53. The Bertz CT molecular complexity index is 860.